The number of aromatic nitrogens is 2. The van der Waals surface area contributed by atoms with Crippen LogP contribution in [-0.4, -0.2) is 54.3 Å². The van der Waals surface area contributed by atoms with Crippen LogP contribution in [0.25, 0.3) is 0 Å². The van der Waals surface area contributed by atoms with Crippen LogP contribution in [0.2, 0.25) is 5.02 Å². The Hall–Kier alpha value is -1.90. The lowest BCUT2D eigenvalue weighted by Gasteiger charge is -2.24. The Morgan fingerprint density at radius 1 is 1.27 bits per heavy atom. The maximum absolute atomic E-state index is 13.3. The summed E-state index contributed by atoms with van der Waals surface area (Å²) in [5.74, 6) is -0.0388. The molecule has 4 rings (SSSR count). The summed E-state index contributed by atoms with van der Waals surface area (Å²) < 4.78 is 27.0. The summed E-state index contributed by atoms with van der Waals surface area (Å²) in [6.07, 6.45) is 4.96. The molecular weight excluding hydrogens is 376 g/mol. The topological polar surface area (TPSA) is 75.5 Å². The second kappa shape index (κ2) is 6.07. The first kappa shape index (κ1) is 17.5. The Bertz CT molecular complexity index is 974. The Balaban J connectivity index is 1.65. The second-order valence-electron chi connectivity index (χ2n) is 6.82. The highest BCUT2D eigenvalue weighted by Crippen LogP contribution is 2.47. The molecule has 1 fully saturated rings. The molecule has 1 amide bonds. The van der Waals surface area contributed by atoms with Crippen LogP contribution >= 0.6 is 11.6 Å². The number of carbonyl (C=O) groups is 1. The average Bonchev–Trinajstić information content (AvgIpc) is 3.27. The van der Waals surface area contributed by atoms with E-state index < -0.39 is 15.4 Å². The smallest absolute Gasteiger partial charge is 0.239 e. The van der Waals surface area contributed by atoms with Crippen LogP contribution in [0.3, 0.4) is 0 Å². The predicted octanol–water partition coefficient (Wildman–Crippen LogP) is 1.49. The third-order valence-corrected chi connectivity index (χ3v) is 6.67. The van der Waals surface area contributed by atoms with Gasteiger partial charge in [0.1, 0.15) is 0 Å². The molecule has 0 bridgehead atoms. The van der Waals surface area contributed by atoms with Crippen molar-refractivity contribution in [1.82, 2.24) is 14.1 Å². The molecule has 1 unspecified atom stereocenters. The fourth-order valence-corrected chi connectivity index (χ4v) is 4.97. The number of halogens is 1. The summed E-state index contributed by atoms with van der Waals surface area (Å²) in [5.41, 5.74) is 0.974. The van der Waals surface area contributed by atoms with Gasteiger partial charge in [-0.05, 0) is 18.1 Å². The van der Waals surface area contributed by atoms with E-state index >= 15 is 0 Å². The molecule has 0 aliphatic carbocycles. The predicted molar refractivity (Wildman–Crippen MR) is 98.7 cm³/mol. The molecule has 1 saturated heterocycles. The highest BCUT2D eigenvalue weighted by molar-refractivity contribution is 7.88. The first-order chi connectivity index (χ1) is 12.3. The van der Waals surface area contributed by atoms with Crippen LogP contribution in [0.5, 0.6) is 0 Å². The number of carbonyl (C=O) groups excluding carboxylic acids is 1. The van der Waals surface area contributed by atoms with Crippen molar-refractivity contribution in [2.24, 2.45) is 0 Å². The zero-order valence-electron chi connectivity index (χ0n) is 14.3. The maximum Gasteiger partial charge on any atom is 0.239 e. The van der Waals surface area contributed by atoms with Gasteiger partial charge in [-0.15, -0.1) is 0 Å². The molecule has 1 spiro atoms. The maximum atomic E-state index is 13.3. The van der Waals surface area contributed by atoms with Gasteiger partial charge >= 0.3 is 0 Å². The van der Waals surface area contributed by atoms with Gasteiger partial charge < -0.3 is 4.90 Å². The normalized spacial score (nSPS) is 23.2. The number of amides is 1. The van der Waals surface area contributed by atoms with E-state index in [4.69, 9.17) is 11.6 Å². The summed E-state index contributed by atoms with van der Waals surface area (Å²) in [6.45, 7) is 1.53. The van der Waals surface area contributed by atoms with Crippen LogP contribution < -0.4 is 4.90 Å². The first-order valence-electron chi connectivity index (χ1n) is 8.36. The average molecular weight is 395 g/mol. The highest BCUT2D eigenvalue weighted by Gasteiger charge is 2.55. The highest BCUT2D eigenvalue weighted by atomic mass is 35.5. The molecule has 2 aliphatic heterocycles. The van der Waals surface area contributed by atoms with Gasteiger partial charge in [0.05, 0.1) is 29.4 Å². The van der Waals surface area contributed by atoms with Crippen LogP contribution in [0.1, 0.15) is 12.0 Å². The van der Waals surface area contributed by atoms with Crippen molar-refractivity contribution in [3.8, 4) is 0 Å². The van der Waals surface area contributed by atoms with Crippen molar-refractivity contribution < 1.29 is 13.2 Å². The number of para-hydroxylation sites is 1. The number of nitrogens with zero attached hydrogens (tertiary/aromatic N) is 4. The number of benzene rings is 1. The molecule has 2 aromatic rings. The summed E-state index contributed by atoms with van der Waals surface area (Å²) in [5, 5.41) is 4.70. The molecule has 1 aromatic carbocycles. The summed E-state index contributed by atoms with van der Waals surface area (Å²) in [4.78, 5) is 15.1. The standard InChI is InChI=1S/C17H19ClN4O3S/c1-26(24,25)21-7-6-17(12-21)14-4-2-3-5-15(14)22(16(17)23)9-8-20-11-13(18)10-19-20/h2-5,10-11H,6-9,12H2,1H3. The van der Waals surface area contributed by atoms with Crippen molar-refractivity contribution in [3.05, 3.63) is 47.2 Å². The van der Waals surface area contributed by atoms with Crippen molar-refractivity contribution in [2.75, 3.05) is 30.8 Å². The number of rotatable bonds is 4. The van der Waals surface area contributed by atoms with E-state index in [0.717, 1.165) is 11.3 Å². The Morgan fingerprint density at radius 3 is 2.69 bits per heavy atom. The number of sulfonamides is 1. The Labute approximate surface area is 157 Å². The molecular formula is C17H19ClN4O3S. The second-order valence-corrected chi connectivity index (χ2v) is 9.24. The monoisotopic (exact) mass is 394 g/mol. The van der Waals surface area contributed by atoms with E-state index in [0.29, 0.717) is 31.1 Å². The molecule has 0 N–H and O–H groups in total. The van der Waals surface area contributed by atoms with E-state index in [2.05, 4.69) is 5.10 Å². The van der Waals surface area contributed by atoms with Gasteiger partial charge in [-0.1, -0.05) is 29.8 Å². The Kier molecular flexibility index (Phi) is 4.09. The fourth-order valence-electron chi connectivity index (χ4n) is 3.93. The van der Waals surface area contributed by atoms with E-state index in [1.807, 2.05) is 24.3 Å². The SMILES string of the molecule is CS(=O)(=O)N1CCC2(C1)C(=O)N(CCn1cc(Cl)cn1)c1ccccc12. The van der Waals surface area contributed by atoms with Gasteiger partial charge in [0.2, 0.25) is 15.9 Å². The van der Waals surface area contributed by atoms with Crippen molar-refractivity contribution in [3.63, 3.8) is 0 Å². The lowest BCUT2D eigenvalue weighted by Crippen LogP contribution is -2.44. The van der Waals surface area contributed by atoms with Crippen molar-refractivity contribution in [2.45, 2.75) is 18.4 Å². The minimum atomic E-state index is -3.33. The van der Waals surface area contributed by atoms with E-state index in [-0.39, 0.29) is 12.5 Å². The minimum Gasteiger partial charge on any atom is -0.309 e. The van der Waals surface area contributed by atoms with E-state index in [1.54, 1.807) is 22.0 Å². The number of anilines is 1. The molecule has 0 saturated carbocycles. The zero-order chi connectivity index (χ0) is 18.5. The fraction of sp³-hybridized carbons (Fsp3) is 0.412. The number of hydrogen-bond donors (Lipinski definition) is 0. The van der Waals surface area contributed by atoms with Gasteiger partial charge in [0.15, 0.2) is 0 Å². The molecule has 1 aromatic heterocycles. The summed E-state index contributed by atoms with van der Waals surface area (Å²) in [6, 6.07) is 7.64. The summed E-state index contributed by atoms with van der Waals surface area (Å²) in [7, 11) is -3.33. The van der Waals surface area contributed by atoms with Crippen LogP contribution in [0, 0.1) is 0 Å². The third-order valence-electron chi connectivity index (χ3n) is 5.22. The number of hydrogen-bond acceptors (Lipinski definition) is 4. The largest absolute Gasteiger partial charge is 0.309 e. The van der Waals surface area contributed by atoms with E-state index in [9.17, 15) is 13.2 Å². The lowest BCUT2D eigenvalue weighted by atomic mass is 9.81. The third kappa shape index (κ3) is 2.72. The molecule has 26 heavy (non-hydrogen) atoms. The molecule has 9 heteroatoms. The van der Waals surface area contributed by atoms with Crippen LogP contribution in [0.15, 0.2) is 36.7 Å². The summed E-state index contributed by atoms with van der Waals surface area (Å²) >= 11 is 5.90. The number of fused-ring (bicyclic) bond motifs is 2. The van der Waals surface area contributed by atoms with Crippen LogP contribution in [0.4, 0.5) is 5.69 Å². The van der Waals surface area contributed by atoms with Crippen LogP contribution in [-0.2, 0) is 26.8 Å². The molecule has 3 heterocycles. The van der Waals surface area contributed by atoms with Crippen molar-refractivity contribution in [1.29, 1.82) is 0 Å². The Morgan fingerprint density at radius 2 is 2.04 bits per heavy atom. The molecule has 138 valence electrons. The minimum absolute atomic E-state index is 0.0388. The van der Waals surface area contributed by atoms with Gasteiger partial charge in [0, 0.05) is 31.5 Å². The van der Waals surface area contributed by atoms with Crippen molar-refractivity contribution >= 4 is 33.2 Å². The molecule has 2 aliphatic rings. The van der Waals surface area contributed by atoms with Gasteiger partial charge in [-0.3, -0.25) is 9.48 Å². The molecule has 0 radical (unpaired) electrons. The van der Waals surface area contributed by atoms with E-state index in [1.165, 1.54) is 10.6 Å². The van der Waals surface area contributed by atoms with Gasteiger partial charge in [-0.2, -0.15) is 5.10 Å². The molecule has 7 nitrogen and oxygen atoms in total. The first-order valence-corrected chi connectivity index (χ1v) is 10.6. The zero-order valence-corrected chi connectivity index (χ0v) is 15.9. The van der Waals surface area contributed by atoms with Gasteiger partial charge in [-0.25, -0.2) is 12.7 Å². The molecule has 1 atom stereocenters. The van der Waals surface area contributed by atoms with Gasteiger partial charge in [0.25, 0.3) is 0 Å². The lowest BCUT2D eigenvalue weighted by molar-refractivity contribution is -0.122. The quantitative estimate of drug-likeness (QED) is 0.787.